The maximum absolute atomic E-state index is 11.5. The standard InChI is InChI=1S/C11H14BrNO4S2/c12-10-2-1-9(18-10)5-13(6-11(14)15)8-3-4-19(16,17)7-8/h1-2,8H,3-7H2,(H,14,15). The van der Waals surface area contributed by atoms with Crippen LogP contribution in [0.3, 0.4) is 0 Å². The van der Waals surface area contributed by atoms with Crippen molar-refractivity contribution in [2.45, 2.75) is 19.0 Å². The van der Waals surface area contributed by atoms with E-state index in [4.69, 9.17) is 5.11 Å². The summed E-state index contributed by atoms with van der Waals surface area (Å²) in [5.74, 6) is -0.714. The summed E-state index contributed by atoms with van der Waals surface area (Å²) in [6.45, 7) is 0.346. The molecule has 1 aliphatic rings. The summed E-state index contributed by atoms with van der Waals surface area (Å²) >= 11 is 4.90. The fourth-order valence-corrected chi connectivity index (χ4v) is 5.46. The van der Waals surface area contributed by atoms with E-state index in [1.54, 1.807) is 4.90 Å². The second-order valence-corrected chi connectivity index (χ2v) is 9.34. The SMILES string of the molecule is O=C(O)CN(Cc1ccc(Br)s1)C1CCS(=O)(=O)C1. The fraction of sp³-hybridized carbons (Fsp3) is 0.545. The third-order valence-corrected chi connectivity index (χ3v) is 6.41. The number of nitrogens with zero attached hydrogens (tertiary/aromatic N) is 1. The van der Waals surface area contributed by atoms with Gasteiger partial charge in [-0.3, -0.25) is 9.69 Å². The molecule has 106 valence electrons. The van der Waals surface area contributed by atoms with Gasteiger partial charge >= 0.3 is 5.97 Å². The predicted molar refractivity (Wildman–Crippen MR) is 77.1 cm³/mol. The smallest absolute Gasteiger partial charge is 0.317 e. The minimum absolute atomic E-state index is 0.0623. The van der Waals surface area contributed by atoms with Gasteiger partial charge in [-0.15, -0.1) is 11.3 Å². The molecule has 2 rings (SSSR count). The van der Waals surface area contributed by atoms with Crippen molar-refractivity contribution >= 4 is 43.1 Å². The van der Waals surface area contributed by atoms with E-state index in [2.05, 4.69) is 15.9 Å². The molecular formula is C11H14BrNO4S2. The summed E-state index contributed by atoms with van der Waals surface area (Å²) in [5, 5.41) is 8.96. The maximum Gasteiger partial charge on any atom is 0.317 e. The molecule has 19 heavy (non-hydrogen) atoms. The van der Waals surface area contributed by atoms with Crippen LogP contribution in [0.1, 0.15) is 11.3 Å². The summed E-state index contributed by atoms with van der Waals surface area (Å²) in [5.41, 5.74) is 0. The molecule has 1 N–H and O–H groups in total. The summed E-state index contributed by atoms with van der Waals surface area (Å²) in [4.78, 5) is 13.7. The van der Waals surface area contributed by atoms with E-state index < -0.39 is 15.8 Å². The molecule has 0 radical (unpaired) electrons. The van der Waals surface area contributed by atoms with Crippen LogP contribution in [0.5, 0.6) is 0 Å². The lowest BCUT2D eigenvalue weighted by Gasteiger charge is -2.25. The highest BCUT2D eigenvalue weighted by molar-refractivity contribution is 9.11. The van der Waals surface area contributed by atoms with Crippen molar-refractivity contribution in [1.29, 1.82) is 0 Å². The van der Waals surface area contributed by atoms with Gasteiger partial charge in [-0.2, -0.15) is 0 Å². The van der Waals surface area contributed by atoms with Crippen LogP contribution in [-0.4, -0.2) is 48.5 Å². The average Bonchev–Trinajstić information content (AvgIpc) is 2.83. The molecule has 0 amide bonds. The number of aliphatic carboxylic acids is 1. The van der Waals surface area contributed by atoms with Gasteiger partial charge in [0.2, 0.25) is 0 Å². The number of carboxylic acid groups (broad SMARTS) is 1. The third kappa shape index (κ3) is 4.27. The van der Waals surface area contributed by atoms with Gasteiger partial charge < -0.3 is 5.11 Å². The first-order valence-corrected chi connectivity index (χ1v) is 9.19. The van der Waals surface area contributed by atoms with E-state index in [1.807, 2.05) is 12.1 Å². The summed E-state index contributed by atoms with van der Waals surface area (Å²) in [7, 11) is -3.00. The van der Waals surface area contributed by atoms with Gasteiger partial charge in [-0.05, 0) is 34.5 Å². The number of carboxylic acids is 1. The van der Waals surface area contributed by atoms with Crippen LogP contribution in [0.2, 0.25) is 0 Å². The van der Waals surface area contributed by atoms with Gasteiger partial charge in [0.1, 0.15) is 0 Å². The molecule has 0 aromatic carbocycles. The maximum atomic E-state index is 11.5. The number of hydrogen-bond acceptors (Lipinski definition) is 5. The first-order chi connectivity index (χ1) is 8.85. The lowest BCUT2D eigenvalue weighted by molar-refractivity contribution is -0.139. The topological polar surface area (TPSA) is 74.7 Å². The van der Waals surface area contributed by atoms with Crippen molar-refractivity contribution in [3.8, 4) is 0 Å². The van der Waals surface area contributed by atoms with Crippen molar-refractivity contribution in [3.63, 3.8) is 0 Å². The Bertz CT molecular complexity index is 569. The first-order valence-electron chi connectivity index (χ1n) is 5.76. The molecule has 1 aromatic rings. The second kappa shape index (κ2) is 5.90. The van der Waals surface area contributed by atoms with Gasteiger partial charge in [0.25, 0.3) is 0 Å². The van der Waals surface area contributed by atoms with E-state index >= 15 is 0 Å². The lowest BCUT2D eigenvalue weighted by atomic mass is 10.2. The van der Waals surface area contributed by atoms with Gasteiger partial charge in [0.05, 0.1) is 21.8 Å². The highest BCUT2D eigenvalue weighted by Gasteiger charge is 2.33. The Hall–Kier alpha value is -0.440. The van der Waals surface area contributed by atoms with Crippen LogP contribution in [-0.2, 0) is 21.2 Å². The minimum atomic E-state index is -3.00. The molecule has 0 aliphatic carbocycles. The Morgan fingerprint density at radius 1 is 1.53 bits per heavy atom. The molecule has 2 heterocycles. The fourth-order valence-electron chi connectivity index (χ4n) is 2.19. The number of carbonyl (C=O) groups is 1. The van der Waals surface area contributed by atoms with Crippen molar-refractivity contribution in [3.05, 3.63) is 20.8 Å². The number of thiophene rings is 1. The zero-order valence-electron chi connectivity index (χ0n) is 10.1. The van der Waals surface area contributed by atoms with Crippen molar-refractivity contribution in [2.24, 2.45) is 0 Å². The molecule has 1 fully saturated rings. The largest absolute Gasteiger partial charge is 0.480 e. The normalized spacial score (nSPS) is 21.9. The highest BCUT2D eigenvalue weighted by atomic mass is 79.9. The van der Waals surface area contributed by atoms with Crippen LogP contribution >= 0.6 is 27.3 Å². The molecule has 5 nitrogen and oxygen atoms in total. The van der Waals surface area contributed by atoms with Gasteiger partial charge in [-0.1, -0.05) is 0 Å². The Kier molecular flexibility index (Phi) is 4.65. The highest BCUT2D eigenvalue weighted by Crippen LogP contribution is 2.26. The van der Waals surface area contributed by atoms with Crippen LogP contribution < -0.4 is 0 Å². The third-order valence-electron chi connectivity index (χ3n) is 3.05. The van der Waals surface area contributed by atoms with E-state index in [0.717, 1.165) is 8.66 Å². The molecule has 8 heteroatoms. The molecule has 1 aliphatic heterocycles. The molecule has 1 atom stereocenters. The Labute approximate surface area is 124 Å². The molecule has 1 aromatic heterocycles. The van der Waals surface area contributed by atoms with Crippen molar-refractivity contribution in [1.82, 2.24) is 4.90 Å². The summed E-state index contributed by atoms with van der Waals surface area (Å²) in [6.07, 6.45) is 0.516. The van der Waals surface area contributed by atoms with Gasteiger partial charge in [-0.25, -0.2) is 8.42 Å². The van der Waals surface area contributed by atoms with E-state index in [-0.39, 0.29) is 24.1 Å². The Morgan fingerprint density at radius 3 is 2.74 bits per heavy atom. The summed E-state index contributed by atoms with van der Waals surface area (Å²) < 4.78 is 24.0. The second-order valence-electron chi connectivity index (χ2n) is 4.56. The minimum Gasteiger partial charge on any atom is -0.480 e. The van der Waals surface area contributed by atoms with Crippen LogP contribution in [0.15, 0.2) is 15.9 Å². The zero-order chi connectivity index (χ0) is 14.0. The quantitative estimate of drug-likeness (QED) is 0.854. The Balaban J connectivity index is 2.10. The molecule has 0 saturated carbocycles. The molecular weight excluding hydrogens is 354 g/mol. The van der Waals surface area contributed by atoms with Crippen molar-refractivity contribution < 1.29 is 18.3 Å². The van der Waals surface area contributed by atoms with Crippen molar-refractivity contribution in [2.75, 3.05) is 18.1 Å². The number of rotatable bonds is 5. The van der Waals surface area contributed by atoms with E-state index in [0.29, 0.717) is 13.0 Å². The summed E-state index contributed by atoms with van der Waals surface area (Å²) in [6, 6.07) is 3.64. The molecule has 1 unspecified atom stereocenters. The van der Waals surface area contributed by atoms with Crippen LogP contribution in [0.25, 0.3) is 0 Å². The predicted octanol–water partition coefficient (Wildman–Crippen LogP) is 1.58. The zero-order valence-corrected chi connectivity index (χ0v) is 13.3. The van der Waals surface area contributed by atoms with Gasteiger partial charge in [0.15, 0.2) is 9.84 Å². The first kappa shape index (κ1) is 15.0. The monoisotopic (exact) mass is 367 g/mol. The lowest BCUT2D eigenvalue weighted by Crippen LogP contribution is -2.39. The number of halogens is 1. The number of sulfone groups is 1. The van der Waals surface area contributed by atoms with E-state index in [9.17, 15) is 13.2 Å². The number of hydrogen-bond donors (Lipinski definition) is 1. The molecule has 0 bridgehead atoms. The molecule has 1 saturated heterocycles. The van der Waals surface area contributed by atoms with E-state index in [1.165, 1.54) is 11.3 Å². The van der Waals surface area contributed by atoms with Gasteiger partial charge in [0, 0.05) is 17.5 Å². The average molecular weight is 368 g/mol. The molecule has 0 spiro atoms. The Morgan fingerprint density at radius 2 is 2.26 bits per heavy atom. The van der Waals surface area contributed by atoms with Crippen LogP contribution in [0, 0.1) is 0 Å². The van der Waals surface area contributed by atoms with Crippen LogP contribution in [0.4, 0.5) is 0 Å².